The van der Waals surface area contributed by atoms with Crippen molar-refractivity contribution in [2.75, 3.05) is 48.0 Å². The molecule has 6 amide bonds. The number of pyridine rings is 1. The molecule has 2 aromatic carbocycles. The lowest BCUT2D eigenvalue weighted by Gasteiger charge is -2.30. The summed E-state index contributed by atoms with van der Waals surface area (Å²) in [5.74, 6) is -0.423. The van der Waals surface area contributed by atoms with Gasteiger partial charge < -0.3 is 33.9 Å². The molecule has 15 nitrogen and oxygen atoms in total. The standard InChI is InChI=1S/C39H46N6O9/c1-42(2)20-30-32(52-4)17-23(18-33(30)53-5)28-21-43(3)36(48)29-22-44(15-13-25(28)29)39(51)40-14-7-6-8-16-54-24-9-10-26-27(19-24)38(50)45(37(26)49)31-11-12-34(46)41-35(31)47/h9-10,17-19,21,31H,6-8,11-16,20,22H2,1-5H3,(H,40,51)(H,41,46,47). The van der Waals surface area contributed by atoms with Crippen molar-refractivity contribution in [1.29, 1.82) is 0 Å². The molecule has 0 bridgehead atoms. The van der Waals surface area contributed by atoms with Crippen LogP contribution in [0, 0.1) is 0 Å². The Kier molecular flexibility index (Phi) is 11.4. The molecule has 3 aliphatic rings. The van der Waals surface area contributed by atoms with Crippen molar-refractivity contribution < 1.29 is 38.2 Å². The summed E-state index contributed by atoms with van der Waals surface area (Å²) < 4.78 is 18.9. The summed E-state index contributed by atoms with van der Waals surface area (Å²) in [6, 6.07) is 7.32. The normalized spacial score (nSPS) is 16.7. The van der Waals surface area contributed by atoms with Gasteiger partial charge in [0.1, 0.15) is 23.3 Å². The monoisotopic (exact) mass is 742 g/mol. The molecule has 0 radical (unpaired) electrons. The zero-order valence-corrected chi connectivity index (χ0v) is 31.3. The summed E-state index contributed by atoms with van der Waals surface area (Å²) >= 11 is 0. The number of aromatic nitrogens is 1. The van der Waals surface area contributed by atoms with E-state index in [4.69, 9.17) is 14.2 Å². The minimum absolute atomic E-state index is 0.0532. The number of ether oxygens (including phenoxy) is 3. The molecule has 54 heavy (non-hydrogen) atoms. The number of carbonyl (C=O) groups excluding carboxylic acids is 5. The molecule has 3 aliphatic heterocycles. The lowest BCUT2D eigenvalue weighted by Crippen LogP contribution is -2.54. The molecule has 1 atom stereocenters. The van der Waals surface area contributed by atoms with E-state index in [1.54, 1.807) is 36.8 Å². The molecule has 1 saturated heterocycles. The predicted molar refractivity (Wildman–Crippen MR) is 198 cm³/mol. The summed E-state index contributed by atoms with van der Waals surface area (Å²) in [5.41, 5.74) is 4.42. The largest absolute Gasteiger partial charge is 0.496 e. The van der Waals surface area contributed by atoms with Crippen LogP contribution in [0.25, 0.3) is 11.1 Å². The van der Waals surface area contributed by atoms with Crippen molar-refractivity contribution in [2.24, 2.45) is 7.05 Å². The minimum atomic E-state index is -1.03. The van der Waals surface area contributed by atoms with Gasteiger partial charge in [0.05, 0.1) is 44.1 Å². The Morgan fingerprint density at radius 2 is 1.63 bits per heavy atom. The van der Waals surface area contributed by atoms with E-state index in [1.165, 1.54) is 12.1 Å². The molecule has 4 heterocycles. The topological polar surface area (TPSA) is 169 Å². The number of carbonyl (C=O) groups is 5. The van der Waals surface area contributed by atoms with Crippen LogP contribution in [0.1, 0.15) is 69.5 Å². The van der Waals surface area contributed by atoms with Crippen LogP contribution in [0.2, 0.25) is 0 Å². The highest BCUT2D eigenvalue weighted by Crippen LogP contribution is 2.38. The van der Waals surface area contributed by atoms with E-state index >= 15 is 0 Å². The van der Waals surface area contributed by atoms with E-state index in [-0.39, 0.29) is 42.1 Å². The van der Waals surface area contributed by atoms with Crippen molar-refractivity contribution in [1.82, 2.24) is 29.9 Å². The van der Waals surface area contributed by atoms with Crippen LogP contribution in [0.3, 0.4) is 0 Å². The van der Waals surface area contributed by atoms with Gasteiger partial charge in [-0.3, -0.25) is 34.2 Å². The first-order valence-electron chi connectivity index (χ1n) is 18.0. The second kappa shape index (κ2) is 16.1. The fourth-order valence-corrected chi connectivity index (χ4v) is 7.27. The van der Waals surface area contributed by atoms with Crippen LogP contribution in [0.4, 0.5) is 4.79 Å². The maximum absolute atomic E-state index is 13.3. The van der Waals surface area contributed by atoms with Crippen LogP contribution >= 0.6 is 0 Å². The number of fused-ring (bicyclic) bond motifs is 2. The lowest BCUT2D eigenvalue weighted by molar-refractivity contribution is -0.136. The Morgan fingerprint density at radius 1 is 0.907 bits per heavy atom. The molecule has 3 aromatic rings. The van der Waals surface area contributed by atoms with Crippen LogP contribution in [0.5, 0.6) is 17.2 Å². The predicted octanol–water partition coefficient (Wildman–Crippen LogP) is 2.85. The third kappa shape index (κ3) is 7.67. The molecule has 1 unspecified atom stereocenters. The minimum Gasteiger partial charge on any atom is -0.496 e. The highest BCUT2D eigenvalue weighted by molar-refractivity contribution is 6.23. The van der Waals surface area contributed by atoms with E-state index in [9.17, 15) is 28.8 Å². The molecule has 0 aliphatic carbocycles. The molecular weight excluding hydrogens is 696 g/mol. The second-order valence-electron chi connectivity index (χ2n) is 14.0. The Labute approximate surface area is 313 Å². The van der Waals surface area contributed by atoms with Gasteiger partial charge in [0.2, 0.25) is 11.8 Å². The summed E-state index contributed by atoms with van der Waals surface area (Å²) in [5, 5.41) is 5.17. The maximum atomic E-state index is 13.3. The van der Waals surface area contributed by atoms with Crippen LogP contribution in [-0.4, -0.2) is 103 Å². The van der Waals surface area contributed by atoms with Gasteiger partial charge in [0.25, 0.3) is 17.4 Å². The number of piperidine rings is 1. The number of hydrogen-bond donors (Lipinski definition) is 2. The number of aryl methyl sites for hydroxylation is 1. The maximum Gasteiger partial charge on any atom is 0.317 e. The van der Waals surface area contributed by atoms with E-state index in [0.29, 0.717) is 68.3 Å². The summed E-state index contributed by atoms with van der Waals surface area (Å²) in [4.78, 5) is 80.9. The van der Waals surface area contributed by atoms with Gasteiger partial charge in [0.15, 0.2) is 0 Å². The Hall–Kier alpha value is -5.70. The lowest BCUT2D eigenvalue weighted by atomic mass is 9.91. The van der Waals surface area contributed by atoms with Gasteiger partial charge in [-0.1, -0.05) is 0 Å². The van der Waals surface area contributed by atoms with E-state index in [1.807, 2.05) is 37.3 Å². The smallest absolute Gasteiger partial charge is 0.317 e. The number of hydrogen-bond acceptors (Lipinski definition) is 10. The number of nitrogens with zero attached hydrogens (tertiary/aromatic N) is 4. The van der Waals surface area contributed by atoms with Gasteiger partial charge in [0, 0.05) is 50.4 Å². The second-order valence-corrected chi connectivity index (χ2v) is 14.0. The third-order valence-electron chi connectivity index (χ3n) is 10.0. The molecule has 6 rings (SSSR count). The molecule has 15 heteroatoms. The number of rotatable bonds is 13. The average molecular weight is 743 g/mol. The summed E-state index contributed by atoms with van der Waals surface area (Å²) in [6.07, 6.45) is 4.65. The van der Waals surface area contributed by atoms with Gasteiger partial charge >= 0.3 is 6.03 Å². The zero-order chi connectivity index (χ0) is 38.7. The Balaban J connectivity index is 0.994. The highest BCUT2D eigenvalue weighted by Gasteiger charge is 2.44. The third-order valence-corrected chi connectivity index (χ3v) is 10.0. The summed E-state index contributed by atoms with van der Waals surface area (Å²) in [6.45, 7) is 2.10. The first-order valence-corrected chi connectivity index (χ1v) is 18.0. The number of unbranched alkanes of at least 4 members (excludes halogenated alkanes) is 2. The fraction of sp³-hybridized carbons (Fsp3) is 0.436. The van der Waals surface area contributed by atoms with Crippen LogP contribution < -0.4 is 30.4 Å². The quantitative estimate of drug-likeness (QED) is 0.196. The zero-order valence-electron chi connectivity index (χ0n) is 31.3. The number of amides is 6. The van der Waals surface area contributed by atoms with Crippen molar-refractivity contribution >= 4 is 29.7 Å². The highest BCUT2D eigenvalue weighted by atomic mass is 16.5. The van der Waals surface area contributed by atoms with Gasteiger partial charge in [-0.2, -0.15) is 0 Å². The van der Waals surface area contributed by atoms with E-state index < -0.39 is 29.7 Å². The molecule has 1 fully saturated rings. The molecular formula is C39H46N6O9. The number of urea groups is 1. The summed E-state index contributed by atoms with van der Waals surface area (Å²) in [7, 11) is 8.93. The average Bonchev–Trinajstić information content (AvgIpc) is 3.40. The van der Waals surface area contributed by atoms with Gasteiger partial charge in [-0.05, 0) is 87.7 Å². The fourth-order valence-electron chi connectivity index (χ4n) is 7.27. The Morgan fingerprint density at radius 3 is 2.31 bits per heavy atom. The van der Waals surface area contributed by atoms with Crippen LogP contribution in [-0.2, 0) is 36.1 Å². The molecule has 2 N–H and O–H groups in total. The van der Waals surface area contributed by atoms with Crippen LogP contribution in [0.15, 0.2) is 41.3 Å². The molecule has 0 spiro atoms. The van der Waals surface area contributed by atoms with Gasteiger partial charge in [-0.15, -0.1) is 0 Å². The molecule has 0 saturated carbocycles. The van der Waals surface area contributed by atoms with E-state index in [2.05, 4.69) is 10.6 Å². The molecule has 286 valence electrons. The van der Waals surface area contributed by atoms with E-state index in [0.717, 1.165) is 33.6 Å². The van der Waals surface area contributed by atoms with Gasteiger partial charge in [-0.25, -0.2) is 4.79 Å². The molecule has 1 aromatic heterocycles. The Bertz CT molecular complexity index is 2030. The van der Waals surface area contributed by atoms with Crippen molar-refractivity contribution in [3.05, 3.63) is 74.7 Å². The SMILES string of the molecule is COc1cc(-c2cn(C)c(=O)c3c2CCN(C(=O)NCCCCCOc2ccc4c(c2)C(=O)N(C2CCC(=O)NC2=O)C4=O)C3)cc(OC)c1CN(C)C. The van der Waals surface area contributed by atoms with Crippen molar-refractivity contribution in [3.8, 4) is 28.4 Å². The number of imide groups is 2. The van der Waals surface area contributed by atoms with Crippen molar-refractivity contribution in [2.45, 2.75) is 57.7 Å². The number of benzene rings is 2. The first kappa shape index (κ1) is 38.0. The first-order chi connectivity index (χ1) is 25.9. The number of methoxy groups -OCH3 is 2. The number of nitrogens with one attached hydrogen (secondary N) is 2. The van der Waals surface area contributed by atoms with Crippen molar-refractivity contribution in [3.63, 3.8) is 0 Å².